The van der Waals surface area contributed by atoms with Gasteiger partial charge < -0.3 is 109 Å². The predicted molar refractivity (Wildman–Crippen MR) is 213 cm³/mol. The van der Waals surface area contributed by atoms with Crippen molar-refractivity contribution < 1.29 is 114 Å². The SMILES string of the molecule is CC1OC(OCC2OC(OC3CC4C(OC5OC(CO)C(O)C(O)C5O)CC(O)CC4[OH+]C3C3CC(O)C(O)C(O)C3)C(O)C(O)C2O)C(O)C(O)C1OC(=O)C=CC1CCC(O)CC1. The fourth-order valence-corrected chi connectivity index (χ4v) is 10.6. The van der Waals surface area contributed by atoms with Gasteiger partial charge in [0.1, 0.15) is 73.2 Å². The van der Waals surface area contributed by atoms with Gasteiger partial charge in [0.05, 0.1) is 55.8 Å². The van der Waals surface area contributed by atoms with Crippen LogP contribution in [0.5, 0.6) is 0 Å². The zero-order valence-corrected chi connectivity index (χ0v) is 36.0. The molecule has 0 amide bonds. The van der Waals surface area contributed by atoms with Crippen LogP contribution in [0.4, 0.5) is 0 Å². The molecule has 3 aliphatic carbocycles. The smallest absolute Gasteiger partial charge is 0.330 e. The van der Waals surface area contributed by atoms with Crippen LogP contribution in [-0.2, 0) is 38.0 Å². The summed E-state index contributed by atoms with van der Waals surface area (Å²) >= 11 is 0. The van der Waals surface area contributed by atoms with Crippen molar-refractivity contribution in [2.24, 2.45) is 17.8 Å². The van der Waals surface area contributed by atoms with E-state index in [9.17, 15) is 76.3 Å². The summed E-state index contributed by atoms with van der Waals surface area (Å²) in [4.78, 5) is 12.7. The topological polar surface area (TPSA) is 378 Å². The average Bonchev–Trinajstić information content (AvgIpc) is 3.27. The third-order valence-electron chi connectivity index (χ3n) is 14.4. The normalized spacial score (nSPS) is 52.2. The lowest BCUT2D eigenvalue weighted by Gasteiger charge is -2.50. The van der Waals surface area contributed by atoms with Crippen LogP contribution in [0.3, 0.4) is 0 Å². The van der Waals surface area contributed by atoms with Gasteiger partial charge in [-0.2, -0.15) is 0 Å². The Bertz CT molecular complexity index is 1540. The molecule has 0 spiro atoms. The third-order valence-corrected chi connectivity index (χ3v) is 14.4. The highest BCUT2D eigenvalue weighted by Gasteiger charge is 2.57. The van der Waals surface area contributed by atoms with Crippen molar-refractivity contribution in [2.75, 3.05) is 13.2 Å². The number of carbonyl (C=O) groups excluding carboxylic acids is 1. The van der Waals surface area contributed by atoms with E-state index in [4.69, 9.17) is 37.9 Å². The van der Waals surface area contributed by atoms with Gasteiger partial charge in [-0.15, -0.1) is 0 Å². The number of aliphatic hydroxyl groups is 16. The second-order valence-corrected chi connectivity index (χ2v) is 19.0. The molecule has 23 atom stereocenters. The maximum atomic E-state index is 12.7. The van der Waals surface area contributed by atoms with Gasteiger partial charge in [-0.05, 0) is 57.8 Å². The Hall–Kier alpha value is -1.63. The summed E-state index contributed by atoms with van der Waals surface area (Å²) in [6.07, 6.45) is -27.2. The van der Waals surface area contributed by atoms with E-state index in [1.165, 1.54) is 13.0 Å². The zero-order chi connectivity index (χ0) is 47.0. The summed E-state index contributed by atoms with van der Waals surface area (Å²) in [5.74, 6) is -1.93. The molecule has 15 N–H and O–H groups in total. The van der Waals surface area contributed by atoms with E-state index in [1.54, 1.807) is 6.08 Å². The first-order chi connectivity index (χ1) is 30.8. The molecule has 0 aromatic carbocycles. The summed E-state index contributed by atoms with van der Waals surface area (Å²) in [5.41, 5.74) is 0. The first kappa shape index (κ1) is 51.2. The number of allylic oxidation sites excluding steroid dienone is 1. The number of hydrogen-bond acceptors (Lipinski definition) is 22. The summed E-state index contributed by atoms with van der Waals surface area (Å²) in [7, 11) is 0. The van der Waals surface area contributed by atoms with Crippen LogP contribution in [0, 0.1) is 17.8 Å². The number of aliphatic hydroxyl groups excluding tert-OH is 14. The Kier molecular flexibility index (Phi) is 17.3. The predicted octanol–water partition coefficient (Wildman–Crippen LogP) is -6.20. The summed E-state index contributed by atoms with van der Waals surface area (Å²) in [5, 5.41) is 149. The van der Waals surface area contributed by atoms with E-state index in [0.29, 0.717) is 25.7 Å². The van der Waals surface area contributed by atoms with Crippen molar-refractivity contribution >= 4 is 5.97 Å². The van der Waals surface area contributed by atoms with E-state index in [-0.39, 0.29) is 44.1 Å². The van der Waals surface area contributed by atoms with Crippen LogP contribution in [0.2, 0.25) is 0 Å². The summed E-state index contributed by atoms with van der Waals surface area (Å²) in [6, 6.07) is 0. The molecule has 7 aliphatic rings. The quantitative estimate of drug-likeness (QED) is 0.0492. The molecular formula is C42H69O23+. The van der Waals surface area contributed by atoms with Gasteiger partial charge in [0.2, 0.25) is 0 Å². The minimum absolute atomic E-state index is 0.00148. The van der Waals surface area contributed by atoms with Crippen molar-refractivity contribution in [3.63, 3.8) is 0 Å². The Morgan fingerprint density at radius 1 is 0.615 bits per heavy atom. The first-order valence-corrected chi connectivity index (χ1v) is 22.8. The molecule has 0 aromatic heterocycles. The maximum absolute atomic E-state index is 12.7. The van der Waals surface area contributed by atoms with E-state index in [2.05, 4.69) is 0 Å². The lowest BCUT2D eigenvalue weighted by Crippen LogP contribution is -2.64. The van der Waals surface area contributed by atoms with Gasteiger partial charge in [0.25, 0.3) is 0 Å². The molecule has 3 saturated carbocycles. The molecule has 23 heteroatoms. The highest BCUT2D eigenvalue weighted by Crippen LogP contribution is 2.44. The van der Waals surface area contributed by atoms with Crippen LogP contribution in [0.25, 0.3) is 0 Å². The van der Waals surface area contributed by atoms with Crippen molar-refractivity contribution in [3.8, 4) is 0 Å². The molecule has 0 radical (unpaired) electrons. The molecule has 23 unspecified atom stereocenters. The lowest BCUT2D eigenvalue weighted by atomic mass is 9.72. The van der Waals surface area contributed by atoms with Crippen LogP contribution >= 0.6 is 0 Å². The van der Waals surface area contributed by atoms with Crippen molar-refractivity contribution in [2.45, 2.75) is 212 Å². The van der Waals surface area contributed by atoms with Gasteiger partial charge in [-0.1, -0.05) is 6.08 Å². The van der Waals surface area contributed by atoms with Gasteiger partial charge in [0.15, 0.2) is 37.2 Å². The standard InChI is InChI=1S/C42H68O23/c1-15-38(65-28(48)7-4-16-2-5-18(44)6-3-16)34(54)37(57)40(59-15)58-14-27-31(51)33(53)36(56)42(64-27)62-25-12-20-23(60-39(25)17-8-21(46)29(49)22(47)9-17)10-19(45)11-24(20)61-41-35(55)32(52)30(50)26(13-43)63-41/h4,7,15-27,29-47,49-57H,2-3,5-6,8-14H2,1H3/p+1. The summed E-state index contributed by atoms with van der Waals surface area (Å²) < 4.78 is 46.1. The molecule has 23 nitrogen and oxygen atoms in total. The minimum Gasteiger partial charge on any atom is -0.454 e. The van der Waals surface area contributed by atoms with Gasteiger partial charge >= 0.3 is 5.97 Å². The van der Waals surface area contributed by atoms with Crippen molar-refractivity contribution in [1.82, 2.24) is 0 Å². The number of fused-ring (bicyclic) bond motifs is 1. The minimum atomic E-state index is -1.88. The highest BCUT2D eigenvalue weighted by atomic mass is 16.7. The largest absolute Gasteiger partial charge is 0.454 e. The molecule has 7 rings (SSSR count). The Labute approximate surface area is 374 Å². The van der Waals surface area contributed by atoms with Gasteiger partial charge in [0, 0.05) is 24.8 Å². The number of ether oxygens (including phenoxy) is 8. The second-order valence-electron chi connectivity index (χ2n) is 19.0. The number of hydrogen-bond donors (Lipinski definition) is 14. The number of rotatable bonds is 12. The maximum Gasteiger partial charge on any atom is 0.330 e. The van der Waals surface area contributed by atoms with Crippen LogP contribution in [0.1, 0.15) is 64.7 Å². The Balaban J connectivity index is 1.02. The number of carbonyl (C=O) groups is 1. The molecule has 4 aliphatic heterocycles. The van der Waals surface area contributed by atoms with Crippen LogP contribution < -0.4 is 0 Å². The molecule has 0 aromatic rings. The highest BCUT2D eigenvalue weighted by molar-refractivity contribution is 5.82. The fraction of sp³-hybridized carbons (Fsp3) is 0.929. The molecule has 374 valence electrons. The molecule has 7 fully saturated rings. The van der Waals surface area contributed by atoms with Crippen molar-refractivity contribution in [3.05, 3.63) is 12.2 Å². The Morgan fingerprint density at radius 3 is 1.83 bits per heavy atom. The van der Waals surface area contributed by atoms with E-state index >= 15 is 0 Å². The second kappa shape index (κ2) is 22.0. The zero-order valence-electron chi connectivity index (χ0n) is 36.0. The van der Waals surface area contributed by atoms with Crippen LogP contribution in [0.15, 0.2) is 12.2 Å². The third kappa shape index (κ3) is 11.5. The van der Waals surface area contributed by atoms with Crippen LogP contribution in [-0.4, -0.2) is 242 Å². The van der Waals surface area contributed by atoms with Gasteiger partial charge in [-0.3, -0.25) is 0 Å². The monoisotopic (exact) mass is 941 g/mol. The molecule has 4 heterocycles. The molecule has 4 saturated heterocycles. The molecular weight excluding hydrogens is 872 g/mol. The Morgan fingerprint density at radius 2 is 1.20 bits per heavy atom. The van der Waals surface area contributed by atoms with E-state index < -0.39 is 172 Å². The average molecular weight is 942 g/mol. The van der Waals surface area contributed by atoms with E-state index in [1.807, 2.05) is 0 Å². The van der Waals surface area contributed by atoms with Crippen molar-refractivity contribution in [1.29, 1.82) is 0 Å². The fourth-order valence-electron chi connectivity index (χ4n) is 10.6. The molecule has 0 bridgehead atoms. The lowest BCUT2D eigenvalue weighted by molar-refractivity contribution is -0.371. The summed E-state index contributed by atoms with van der Waals surface area (Å²) in [6.45, 7) is 0.185. The van der Waals surface area contributed by atoms with E-state index in [0.717, 1.165) is 0 Å². The van der Waals surface area contributed by atoms with Gasteiger partial charge in [-0.25, -0.2) is 4.79 Å². The number of esters is 1. The molecule has 65 heavy (non-hydrogen) atoms. The first-order valence-electron chi connectivity index (χ1n) is 22.8.